The summed E-state index contributed by atoms with van der Waals surface area (Å²) in [5.74, 6) is 0.771. The maximum atomic E-state index is 8.99. The Kier molecular flexibility index (Phi) is 5.21. The van der Waals surface area contributed by atoms with Gasteiger partial charge in [-0.05, 0) is 36.8 Å². The number of nitriles is 1. The first kappa shape index (κ1) is 15.4. The van der Waals surface area contributed by atoms with Crippen molar-refractivity contribution in [1.82, 2.24) is 5.32 Å². The lowest BCUT2D eigenvalue weighted by Gasteiger charge is -2.17. The molecule has 3 nitrogen and oxygen atoms in total. The Bertz CT molecular complexity index is 664. The molecular weight excluding hydrogens is 284 g/mol. The zero-order valence-electron chi connectivity index (χ0n) is 12.1. The fraction of sp³-hybridized carbons (Fsp3) is 0.235. The average molecular weight is 301 g/mol. The number of halogens is 1. The molecule has 0 fully saturated rings. The van der Waals surface area contributed by atoms with Gasteiger partial charge in [-0.3, -0.25) is 0 Å². The molecule has 0 amide bonds. The standard InChI is InChI=1S/C17H17ClN2O/c1-12(15-5-3-4-6-16(15)18)20-11-14-9-13(10-19)7-8-17(14)21-2/h3-9,12,20H,11H2,1-2H3/t12-/m0/s1. The van der Waals surface area contributed by atoms with Crippen LogP contribution in [0.2, 0.25) is 5.02 Å². The smallest absolute Gasteiger partial charge is 0.123 e. The third kappa shape index (κ3) is 3.75. The van der Waals surface area contributed by atoms with E-state index in [1.807, 2.05) is 36.4 Å². The van der Waals surface area contributed by atoms with Crippen LogP contribution in [0, 0.1) is 11.3 Å². The first-order valence-electron chi connectivity index (χ1n) is 6.70. The third-order valence-electron chi connectivity index (χ3n) is 3.38. The molecule has 2 rings (SSSR count). The van der Waals surface area contributed by atoms with Gasteiger partial charge in [-0.1, -0.05) is 29.8 Å². The summed E-state index contributed by atoms with van der Waals surface area (Å²) in [6.07, 6.45) is 0. The van der Waals surface area contributed by atoms with Crippen LogP contribution >= 0.6 is 11.6 Å². The van der Waals surface area contributed by atoms with Crippen LogP contribution in [0.3, 0.4) is 0 Å². The Labute approximate surface area is 130 Å². The molecule has 0 radical (unpaired) electrons. The molecule has 2 aromatic carbocycles. The van der Waals surface area contributed by atoms with Crippen LogP contribution in [0.4, 0.5) is 0 Å². The van der Waals surface area contributed by atoms with Gasteiger partial charge < -0.3 is 10.1 Å². The lowest BCUT2D eigenvalue weighted by Crippen LogP contribution is -2.18. The zero-order chi connectivity index (χ0) is 15.2. The summed E-state index contributed by atoms with van der Waals surface area (Å²) < 4.78 is 5.33. The Morgan fingerprint density at radius 2 is 2.05 bits per heavy atom. The van der Waals surface area contributed by atoms with Gasteiger partial charge in [-0.15, -0.1) is 0 Å². The molecular formula is C17H17ClN2O. The highest BCUT2D eigenvalue weighted by Gasteiger charge is 2.10. The quantitative estimate of drug-likeness (QED) is 0.905. The minimum absolute atomic E-state index is 0.106. The molecule has 0 aliphatic rings. The van der Waals surface area contributed by atoms with Gasteiger partial charge in [0.2, 0.25) is 0 Å². The molecule has 2 aromatic rings. The molecule has 0 saturated heterocycles. The summed E-state index contributed by atoms with van der Waals surface area (Å²) in [6, 6.07) is 15.4. The van der Waals surface area contributed by atoms with Gasteiger partial charge in [-0.25, -0.2) is 0 Å². The van der Waals surface area contributed by atoms with Crippen molar-refractivity contribution in [2.45, 2.75) is 19.5 Å². The summed E-state index contributed by atoms with van der Waals surface area (Å²) in [5, 5.41) is 13.1. The van der Waals surface area contributed by atoms with E-state index in [9.17, 15) is 0 Å². The predicted octanol–water partition coefficient (Wildman–Crippen LogP) is 4.07. The monoisotopic (exact) mass is 300 g/mol. The molecule has 108 valence electrons. The topological polar surface area (TPSA) is 45.0 Å². The van der Waals surface area contributed by atoms with Gasteiger partial charge in [0, 0.05) is 23.2 Å². The fourth-order valence-electron chi connectivity index (χ4n) is 2.19. The normalized spacial score (nSPS) is 11.7. The lowest BCUT2D eigenvalue weighted by atomic mass is 10.1. The predicted molar refractivity (Wildman–Crippen MR) is 84.4 cm³/mol. The minimum atomic E-state index is 0.106. The minimum Gasteiger partial charge on any atom is -0.496 e. The second kappa shape index (κ2) is 7.12. The number of methoxy groups -OCH3 is 1. The van der Waals surface area contributed by atoms with Crippen molar-refractivity contribution in [1.29, 1.82) is 5.26 Å². The first-order chi connectivity index (χ1) is 10.2. The Morgan fingerprint density at radius 1 is 1.29 bits per heavy atom. The van der Waals surface area contributed by atoms with Crippen molar-refractivity contribution < 1.29 is 4.74 Å². The molecule has 4 heteroatoms. The van der Waals surface area contributed by atoms with E-state index in [4.69, 9.17) is 21.6 Å². The van der Waals surface area contributed by atoms with Crippen LogP contribution in [-0.2, 0) is 6.54 Å². The summed E-state index contributed by atoms with van der Waals surface area (Å²) in [4.78, 5) is 0. The fourth-order valence-corrected chi connectivity index (χ4v) is 2.48. The summed E-state index contributed by atoms with van der Waals surface area (Å²) in [7, 11) is 1.63. The molecule has 1 N–H and O–H groups in total. The number of hydrogen-bond acceptors (Lipinski definition) is 3. The van der Waals surface area contributed by atoms with E-state index in [1.54, 1.807) is 13.2 Å². The van der Waals surface area contributed by atoms with Crippen LogP contribution in [-0.4, -0.2) is 7.11 Å². The van der Waals surface area contributed by atoms with Crippen molar-refractivity contribution in [3.05, 3.63) is 64.2 Å². The van der Waals surface area contributed by atoms with E-state index in [2.05, 4.69) is 18.3 Å². The zero-order valence-corrected chi connectivity index (χ0v) is 12.8. The van der Waals surface area contributed by atoms with Crippen molar-refractivity contribution in [2.75, 3.05) is 7.11 Å². The molecule has 0 heterocycles. The largest absolute Gasteiger partial charge is 0.496 e. The molecule has 0 aliphatic heterocycles. The van der Waals surface area contributed by atoms with Gasteiger partial charge in [0.1, 0.15) is 5.75 Å². The lowest BCUT2D eigenvalue weighted by molar-refractivity contribution is 0.406. The van der Waals surface area contributed by atoms with E-state index in [1.165, 1.54) is 0 Å². The molecule has 0 spiro atoms. The highest BCUT2D eigenvalue weighted by atomic mass is 35.5. The van der Waals surface area contributed by atoms with Crippen molar-refractivity contribution in [3.8, 4) is 11.8 Å². The summed E-state index contributed by atoms with van der Waals surface area (Å²) in [5.41, 5.74) is 2.63. The Balaban J connectivity index is 2.13. The van der Waals surface area contributed by atoms with Crippen LogP contribution < -0.4 is 10.1 Å². The Hall–Kier alpha value is -2.02. The summed E-state index contributed by atoms with van der Waals surface area (Å²) >= 11 is 6.20. The van der Waals surface area contributed by atoms with E-state index >= 15 is 0 Å². The van der Waals surface area contributed by atoms with Crippen molar-refractivity contribution in [2.24, 2.45) is 0 Å². The van der Waals surface area contributed by atoms with E-state index in [0.717, 1.165) is 21.9 Å². The summed E-state index contributed by atoms with van der Waals surface area (Å²) in [6.45, 7) is 2.66. The van der Waals surface area contributed by atoms with E-state index < -0.39 is 0 Å². The van der Waals surface area contributed by atoms with Gasteiger partial charge in [0.05, 0.1) is 18.7 Å². The average Bonchev–Trinajstić information content (AvgIpc) is 2.52. The maximum absolute atomic E-state index is 8.99. The van der Waals surface area contributed by atoms with Crippen molar-refractivity contribution in [3.63, 3.8) is 0 Å². The highest BCUT2D eigenvalue weighted by molar-refractivity contribution is 6.31. The van der Waals surface area contributed by atoms with Gasteiger partial charge >= 0.3 is 0 Å². The van der Waals surface area contributed by atoms with E-state index in [-0.39, 0.29) is 6.04 Å². The second-order valence-electron chi connectivity index (χ2n) is 4.76. The van der Waals surface area contributed by atoms with E-state index in [0.29, 0.717) is 12.1 Å². The number of nitrogens with zero attached hydrogens (tertiary/aromatic N) is 1. The SMILES string of the molecule is COc1ccc(C#N)cc1CN[C@@H](C)c1ccccc1Cl. The van der Waals surface area contributed by atoms with Gasteiger partial charge in [0.15, 0.2) is 0 Å². The molecule has 21 heavy (non-hydrogen) atoms. The number of ether oxygens (including phenoxy) is 1. The first-order valence-corrected chi connectivity index (χ1v) is 7.08. The molecule has 0 aromatic heterocycles. The number of benzene rings is 2. The van der Waals surface area contributed by atoms with Crippen LogP contribution in [0.5, 0.6) is 5.75 Å². The number of rotatable bonds is 5. The maximum Gasteiger partial charge on any atom is 0.123 e. The van der Waals surface area contributed by atoms with Crippen molar-refractivity contribution >= 4 is 11.6 Å². The second-order valence-corrected chi connectivity index (χ2v) is 5.17. The molecule has 0 unspecified atom stereocenters. The number of nitrogens with one attached hydrogen (secondary N) is 1. The molecule has 0 bridgehead atoms. The van der Waals surface area contributed by atoms with Gasteiger partial charge in [0.25, 0.3) is 0 Å². The van der Waals surface area contributed by atoms with Crippen LogP contribution in [0.25, 0.3) is 0 Å². The molecule has 1 atom stereocenters. The Morgan fingerprint density at radius 3 is 2.71 bits per heavy atom. The highest BCUT2D eigenvalue weighted by Crippen LogP contribution is 2.24. The van der Waals surface area contributed by atoms with Crippen LogP contribution in [0.1, 0.15) is 29.7 Å². The van der Waals surface area contributed by atoms with Gasteiger partial charge in [-0.2, -0.15) is 5.26 Å². The molecule has 0 aliphatic carbocycles. The third-order valence-corrected chi connectivity index (χ3v) is 3.72. The van der Waals surface area contributed by atoms with Crippen LogP contribution in [0.15, 0.2) is 42.5 Å². The number of hydrogen-bond donors (Lipinski definition) is 1. The molecule has 0 saturated carbocycles.